The van der Waals surface area contributed by atoms with Gasteiger partial charge >= 0.3 is 0 Å². The quantitative estimate of drug-likeness (QED) is 0.389. The molecule has 126 valence electrons. The van der Waals surface area contributed by atoms with Crippen molar-refractivity contribution in [1.82, 2.24) is 18.4 Å². The Morgan fingerprint density at radius 1 is 1.30 bits per heavy atom. The van der Waals surface area contributed by atoms with E-state index >= 15 is 0 Å². The van der Waals surface area contributed by atoms with Gasteiger partial charge in [-0.3, -0.25) is 23.2 Å². The summed E-state index contributed by atoms with van der Waals surface area (Å²) < 4.78 is 4.51. The summed E-state index contributed by atoms with van der Waals surface area (Å²) in [5.41, 5.74) is 0. The average Bonchev–Trinajstić information content (AvgIpc) is 2.96. The van der Waals surface area contributed by atoms with E-state index in [0.29, 0.717) is 0 Å². The van der Waals surface area contributed by atoms with E-state index in [2.05, 4.69) is 25.0 Å². The first-order valence-electron chi connectivity index (χ1n) is 7.60. The lowest BCUT2D eigenvalue weighted by atomic mass is 10.3. The van der Waals surface area contributed by atoms with Gasteiger partial charge in [0.2, 0.25) is 0 Å². The van der Waals surface area contributed by atoms with Gasteiger partial charge in [0.1, 0.15) is 0 Å². The van der Waals surface area contributed by atoms with Crippen LogP contribution in [-0.2, 0) is 4.79 Å². The Morgan fingerprint density at radius 3 is 2.57 bits per heavy atom. The van der Waals surface area contributed by atoms with Gasteiger partial charge in [-0.1, -0.05) is 17.8 Å². The van der Waals surface area contributed by atoms with E-state index in [4.69, 9.17) is 24.4 Å². The number of thioether (sulfide) groups is 1. The number of hydrogen-bond acceptors (Lipinski definition) is 4. The fourth-order valence-corrected chi connectivity index (χ4v) is 6.93. The molecular formula is C14H20N4OS4. The maximum Gasteiger partial charge on any atom is 0.189 e. The molecule has 0 radical (unpaired) electrons. The number of thiocarbonyl (C=S) groups is 2. The SMILES string of the molecule is C=CCN1C(=S)N2CCCN3C(=S)N(CCCSC(C)=O)S1=C23. The second-order valence-electron chi connectivity index (χ2n) is 5.41. The van der Waals surface area contributed by atoms with Crippen molar-refractivity contribution in [2.24, 2.45) is 0 Å². The fourth-order valence-electron chi connectivity index (χ4n) is 2.88. The van der Waals surface area contributed by atoms with Crippen LogP contribution in [0.3, 0.4) is 0 Å². The van der Waals surface area contributed by atoms with Crippen LogP contribution in [0.4, 0.5) is 0 Å². The predicted octanol–water partition coefficient (Wildman–Crippen LogP) is 2.24. The molecule has 0 amide bonds. The van der Waals surface area contributed by atoms with Crippen LogP contribution < -0.4 is 0 Å². The second kappa shape index (κ2) is 7.08. The molecule has 3 heterocycles. The maximum atomic E-state index is 11.1. The summed E-state index contributed by atoms with van der Waals surface area (Å²) in [5, 5.41) is 3.20. The van der Waals surface area contributed by atoms with Crippen molar-refractivity contribution in [2.45, 2.75) is 19.8 Å². The van der Waals surface area contributed by atoms with E-state index in [0.717, 1.165) is 55.0 Å². The Bertz CT molecular complexity index is 606. The molecule has 3 aliphatic rings. The number of carbonyl (C=O) groups excluding carboxylic acids is 1. The minimum atomic E-state index is -0.239. The third-order valence-corrected chi connectivity index (χ3v) is 8.09. The van der Waals surface area contributed by atoms with Crippen LogP contribution >= 0.6 is 47.1 Å². The van der Waals surface area contributed by atoms with Crippen molar-refractivity contribution in [1.29, 1.82) is 0 Å². The number of carbonyl (C=O) groups is 1. The van der Waals surface area contributed by atoms with Gasteiger partial charge in [-0.2, -0.15) is 0 Å². The van der Waals surface area contributed by atoms with E-state index < -0.39 is 0 Å². The summed E-state index contributed by atoms with van der Waals surface area (Å²) in [6.07, 6.45) is 3.90. The van der Waals surface area contributed by atoms with Crippen molar-refractivity contribution in [3.05, 3.63) is 12.7 Å². The largest absolute Gasteiger partial charge is 0.296 e. The van der Waals surface area contributed by atoms with E-state index in [1.165, 1.54) is 16.9 Å². The monoisotopic (exact) mass is 388 g/mol. The molecule has 1 atom stereocenters. The first-order chi connectivity index (χ1) is 11.1. The molecule has 23 heavy (non-hydrogen) atoms. The second-order valence-corrected chi connectivity index (χ2v) is 9.19. The molecule has 1 unspecified atom stereocenters. The highest BCUT2D eigenvalue weighted by Crippen LogP contribution is 2.43. The van der Waals surface area contributed by atoms with Crippen LogP contribution in [0.25, 0.3) is 0 Å². The van der Waals surface area contributed by atoms with E-state index in [-0.39, 0.29) is 16.0 Å². The molecule has 0 N–H and O–H groups in total. The molecule has 9 heteroatoms. The molecule has 0 aromatic carbocycles. The lowest BCUT2D eigenvalue weighted by Crippen LogP contribution is -2.52. The maximum absolute atomic E-state index is 11.1. The van der Waals surface area contributed by atoms with Crippen LogP contribution in [-0.4, -0.2) is 70.8 Å². The van der Waals surface area contributed by atoms with Crippen LogP contribution in [0, 0.1) is 0 Å². The standard InChI is InChI=1S/C14H20N4OS4/c1-3-6-17-12(20)15-7-4-8-16-13(21)18(23(17)14(15)16)9-5-10-22-11(2)19/h3H,1,4-10H2,2H3. The summed E-state index contributed by atoms with van der Waals surface area (Å²) in [5.74, 6) is 0.830. The molecule has 0 bridgehead atoms. The highest BCUT2D eigenvalue weighted by molar-refractivity contribution is 8.14. The van der Waals surface area contributed by atoms with Gasteiger partial charge in [0.05, 0.1) is 17.4 Å². The smallest absolute Gasteiger partial charge is 0.189 e. The van der Waals surface area contributed by atoms with Gasteiger partial charge in [-0.25, -0.2) is 0 Å². The van der Waals surface area contributed by atoms with Crippen molar-refractivity contribution in [2.75, 3.05) is 31.9 Å². The van der Waals surface area contributed by atoms with Gasteiger partial charge in [-0.05, 0) is 37.3 Å². The number of nitrogens with zero attached hydrogens (tertiary/aromatic N) is 4. The topological polar surface area (TPSA) is 30.0 Å². The van der Waals surface area contributed by atoms with Gasteiger partial charge in [0.15, 0.2) is 20.5 Å². The lowest BCUT2D eigenvalue weighted by molar-refractivity contribution is -0.109. The molecule has 0 spiro atoms. The van der Waals surface area contributed by atoms with Crippen LogP contribution in [0.1, 0.15) is 19.8 Å². The predicted molar refractivity (Wildman–Crippen MR) is 107 cm³/mol. The minimum Gasteiger partial charge on any atom is -0.296 e. The van der Waals surface area contributed by atoms with Gasteiger partial charge in [0.25, 0.3) is 0 Å². The summed E-state index contributed by atoms with van der Waals surface area (Å²) in [7, 11) is -0.239. The van der Waals surface area contributed by atoms with E-state index in [9.17, 15) is 4.79 Å². The number of hydrogen-bond donors (Lipinski definition) is 0. The van der Waals surface area contributed by atoms with Crippen molar-refractivity contribution in [3.8, 4) is 0 Å². The molecule has 1 fully saturated rings. The van der Waals surface area contributed by atoms with E-state index in [1.54, 1.807) is 6.92 Å². The van der Waals surface area contributed by atoms with Gasteiger partial charge < -0.3 is 0 Å². The molecule has 0 aromatic heterocycles. The average molecular weight is 389 g/mol. The highest BCUT2D eigenvalue weighted by Gasteiger charge is 2.47. The zero-order chi connectivity index (χ0) is 16.6. The van der Waals surface area contributed by atoms with Gasteiger partial charge in [-0.15, -0.1) is 6.58 Å². The summed E-state index contributed by atoms with van der Waals surface area (Å²) >= 11 is 12.8. The van der Waals surface area contributed by atoms with Crippen molar-refractivity contribution < 1.29 is 4.79 Å². The van der Waals surface area contributed by atoms with Gasteiger partial charge in [0, 0.05) is 32.3 Å². The minimum absolute atomic E-state index is 0.171. The molecule has 1 saturated heterocycles. The first-order valence-corrected chi connectivity index (χ1v) is 10.5. The Kier molecular flexibility index (Phi) is 5.29. The molecule has 0 aromatic rings. The number of rotatable bonds is 6. The van der Waals surface area contributed by atoms with E-state index in [1.807, 2.05) is 6.08 Å². The Labute approximate surface area is 154 Å². The third-order valence-electron chi connectivity index (χ3n) is 3.80. The molecule has 5 nitrogen and oxygen atoms in total. The Morgan fingerprint density at radius 2 is 1.96 bits per heavy atom. The molecule has 3 aliphatic heterocycles. The van der Waals surface area contributed by atoms with Crippen molar-refractivity contribution in [3.63, 3.8) is 0 Å². The summed E-state index contributed by atoms with van der Waals surface area (Å²) in [6, 6.07) is 0. The van der Waals surface area contributed by atoms with Crippen LogP contribution in [0.5, 0.6) is 0 Å². The lowest BCUT2D eigenvalue weighted by Gasteiger charge is -2.36. The highest BCUT2D eigenvalue weighted by atomic mass is 32.2. The zero-order valence-electron chi connectivity index (χ0n) is 13.1. The summed E-state index contributed by atoms with van der Waals surface area (Å²) in [4.78, 5) is 15.6. The summed E-state index contributed by atoms with van der Waals surface area (Å²) in [6.45, 7) is 9.01. The normalized spacial score (nSPS) is 23.0. The Balaban J connectivity index is 1.81. The first kappa shape index (κ1) is 17.2. The Hall–Kier alpha value is -0.640. The molecule has 0 aliphatic carbocycles. The zero-order valence-corrected chi connectivity index (χ0v) is 16.3. The molecule has 0 saturated carbocycles. The fraction of sp³-hybridized carbons (Fsp3) is 0.571. The third kappa shape index (κ3) is 3.04. The van der Waals surface area contributed by atoms with Crippen LogP contribution in [0.15, 0.2) is 12.7 Å². The molecular weight excluding hydrogens is 368 g/mol. The van der Waals surface area contributed by atoms with Crippen LogP contribution in [0.2, 0.25) is 0 Å². The van der Waals surface area contributed by atoms with Crippen molar-refractivity contribution >= 4 is 67.5 Å². The molecule has 3 rings (SSSR count).